The first-order valence-corrected chi connectivity index (χ1v) is 10.2. The van der Waals surface area contributed by atoms with Crippen LogP contribution in [0.3, 0.4) is 0 Å². The number of nitrogens with zero attached hydrogens (tertiary/aromatic N) is 3. The van der Waals surface area contributed by atoms with Crippen LogP contribution in [-0.4, -0.2) is 28.1 Å². The molecule has 2 atom stereocenters. The minimum Gasteiger partial charge on any atom is -0.632 e. The van der Waals surface area contributed by atoms with E-state index in [0.717, 1.165) is 12.6 Å². The third-order valence-corrected chi connectivity index (χ3v) is 5.85. The average Bonchev–Trinajstić information content (AvgIpc) is 2.92. The van der Waals surface area contributed by atoms with Gasteiger partial charge in [0.2, 0.25) is 0 Å². The largest absolute Gasteiger partial charge is 0.632 e. The molecule has 0 fully saturated rings. The van der Waals surface area contributed by atoms with Crippen molar-refractivity contribution in [3.05, 3.63) is 81.3 Å². The van der Waals surface area contributed by atoms with Crippen LogP contribution in [0.5, 0.6) is 11.5 Å². The summed E-state index contributed by atoms with van der Waals surface area (Å²) >= 11 is 6.03. The molecule has 0 aliphatic carbocycles. The first kappa shape index (κ1) is 22.4. The minimum absolute atomic E-state index is 0.0110. The number of hydroxylamine groups is 3. The zero-order valence-electron chi connectivity index (χ0n) is 17.4. The number of aromatic nitrogens is 2. The lowest BCUT2D eigenvalue weighted by Gasteiger charge is -2.42. The van der Waals surface area contributed by atoms with Crippen LogP contribution in [0.25, 0.3) is 0 Å². The van der Waals surface area contributed by atoms with Gasteiger partial charge in [-0.25, -0.2) is 0 Å². The van der Waals surface area contributed by atoms with E-state index in [2.05, 4.69) is 5.10 Å². The van der Waals surface area contributed by atoms with Crippen LogP contribution in [-0.2, 0) is 26.3 Å². The maximum Gasteiger partial charge on any atom is 0.434 e. The van der Waals surface area contributed by atoms with Gasteiger partial charge >= 0.3 is 6.18 Å². The second-order valence-corrected chi connectivity index (χ2v) is 8.15. The van der Waals surface area contributed by atoms with E-state index in [1.54, 1.807) is 55.6 Å². The van der Waals surface area contributed by atoms with Crippen LogP contribution < -0.4 is 9.47 Å². The van der Waals surface area contributed by atoms with Crippen LogP contribution in [0.4, 0.5) is 13.2 Å². The Morgan fingerprint density at radius 1 is 1.22 bits per heavy atom. The fraction of sp³-hybridized carbons (Fsp3) is 0.318. The Kier molecular flexibility index (Phi) is 5.83. The highest BCUT2D eigenvalue weighted by atomic mass is 35.5. The van der Waals surface area contributed by atoms with Crippen molar-refractivity contribution < 1.29 is 27.3 Å². The van der Waals surface area contributed by atoms with Gasteiger partial charge in [-0.05, 0) is 29.8 Å². The molecule has 6 nitrogen and oxygen atoms in total. The van der Waals surface area contributed by atoms with Gasteiger partial charge in [0, 0.05) is 12.6 Å². The van der Waals surface area contributed by atoms with E-state index < -0.39 is 27.6 Å². The number of quaternary nitrogens is 1. The molecule has 4 rings (SSSR count). The Hall–Kier alpha value is -2.75. The van der Waals surface area contributed by atoms with E-state index in [4.69, 9.17) is 21.1 Å². The second-order valence-electron chi connectivity index (χ2n) is 7.77. The predicted octanol–water partition coefficient (Wildman–Crippen LogP) is 5.25. The van der Waals surface area contributed by atoms with Gasteiger partial charge in [-0.3, -0.25) is 4.68 Å². The lowest BCUT2D eigenvalue weighted by Crippen LogP contribution is -2.43. The number of halogens is 4. The number of hydrogen-bond donors (Lipinski definition) is 0. The summed E-state index contributed by atoms with van der Waals surface area (Å²) in [7, 11) is 2.72. The molecule has 3 aromatic rings. The Labute approximate surface area is 187 Å². The van der Waals surface area contributed by atoms with Crippen LogP contribution in [0.15, 0.2) is 48.5 Å². The van der Waals surface area contributed by atoms with Crippen molar-refractivity contribution in [1.29, 1.82) is 0 Å². The summed E-state index contributed by atoms with van der Waals surface area (Å²) in [5, 5.41) is 17.3. The number of aryl methyl sites for hydroxylation is 1. The van der Waals surface area contributed by atoms with Gasteiger partial charge in [-0.15, -0.1) is 0 Å². The molecule has 2 unspecified atom stereocenters. The van der Waals surface area contributed by atoms with Crippen LogP contribution in [0.2, 0.25) is 5.02 Å². The van der Waals surface area contributed by atoms with Gasteiger partial charge in [0.05, 0.1) is 7.11 Å². The van der Waals surface area contributed by atoms with Gasteiger partial charge in [0.25, 0.3) is 0 Å². The Morgan fingerprint density at radius 2 is 1.91 bits per heavy atom. The zero-order chi connectivity index (χ0) is 23.1. The van der Waals surface area contributed by atoms with Crippen LogP contribution in [0, 0.1) is 5.21 Å². The highest BCUT2D eigenvalue weighted by Gasteiger charge is 2.40. The summed E-state index contributed by atoms with van der Waals surface area (Å²) in [6, 6.07) is 14.3. The summed E-state index contributed by atoms with van der Waals surface area (Å²) < 4.78 is 51.2. The Bertz CT molecular complexity index is 1120. The van der Waals surface area contributed by atoms with Gasteiger partial charge in [0.1, 0.15) is 41.8 Å². The number of benzene rings is 2. The molecule has 170 valence electrons. The summed E-state index contributed by atoms with van der Waals surface area (Å²) in [4.78, 5) is 0. The second kappa shape index (κ2) is 8.31. The van der Waals surface area contributed by atoms with E-state index in [9.17, 15) is 18.4 Å². The van der Waals surface area contributed by atoms with Crippen molar-refractivity contribution in [2.24, 2.45) is 7.05 Å². The summed E-state index contributed by atoms with van der Waals surface area (Å²) in [5.41, 5.74) is 0.258. The molecule has 2 heterocycles. The number of methoxy groups -OCH3 is 1. The van der Waals surface area contributed by atoms with Crippen molar-refractivity contribution in [2.75, 3.05) is 13.7 Å². The zero-order valence-corrected chi connectivity index (χ0v) is 18.2. The summed E-state index contributed by atoms with van der Waals surface area (Å²) in [6.45, 7) is -0.348. The monoisotopic (exact) mass is 467 g/mol. The quantitative estimate of drug-likeness (QED) is 0.388. The van der Waals surface area contributed by atoms with Crippen LogP contribution >= 0.6 is 11.6 Å². The molecule has 0 N–H and O–H groups in total. The topological polar surface area (TPSA) is 59.3 Å². The fourth-order valence-corrected chi connectivity index (χ4v) is 4.29. The van der Waals surface area contributed by atoms with Crippen molar-refractivity contribution >= 4 is 11.6 Å². The number of rotatable bonds is 4. The fourth-order valence-electron chi connectivity index (χ4n) is 3.97. The molecular formula is C22H21ClF3N3O3. The summed E-state index contributed by atoms with van der Waals surface area (Å²) in [5.74, 6) is 1.22. The average molecular weight is 468 g/mol. The Balaban J connectivity index is 1.72. The molecule has 0 saturated heterocycles. The maximum atomic E-state index is 13.9. The Morgan fingerprint density at radius 3 is 2.53 bits per heavy atom. The highest BCUT2D eigenvalue weighted by molar-refractivity contribution is 6.32. The molecule has 0 amide bonds. The van der Waals surface area contributed by atoms with Gasteiger partial charge in [-0.1, -0.05) is 35.9 Å². The number of hydrogen-bond acceptors (Lipinski definition) is 4. The van der Waals surface area contributed by atoms with E-state index in [1.165, 1.54) is 0 Å². The summed E-state index contributed by atoms with van der Waals surface area (Å²) in [6.07, 6.45) is -5.29. The van der Waals surface area contributed by atoms with E-state index in [-0.39, 0.29) is 25.3 Å². The molecule has 2 aromatic carbocycles. The van der Waals surface area contributed by atoms with Crippen molar-refractivity contribution in [3.63, 3.8) is 0 Å². The van der Waals surface area contributed by atoms with E-state index in [1.807, 2.05) is 0 Å². The molecule has 32 heavy (non-hydrogen) atoms. The van der Waals surface area contributed by atoms with Gasteiger partial charge < -0.3 is 19.3 Å². The van der Waals surface area contributed by atoms with E-state index in [0.29, 0.717) is 21.7 Å². The number of alkyl halides is 3. The highest BCUT2D eigenvalue weighted by Crippen LogP contribution is 2.39. The van der Waals surface area contributed by atoms with Crippen molar-refractivity contribution in [3.8, 4) is 11.5 Å². The van der Waals surface area contributed by atoms with Crippen LogP contribution in [0.1, 0.15) is 28.6 Å². The third kappa shape index (κ3) is 4.41. The SMILES string of the molecule is COc1ccc(C2C[N+]([O-])(Cc3nn(C)c(C(F)(F)F)c3Cl)Cc3ccccc3O2)cc1. The van der Waals surface area contributed by atoms with E-state index >= 15 is 0 Å². The number of para-hydroxylation sites is 1. The molecule has 1 aromatic heterocycles. The molecule has 0 spiro atoms. The van der Waals surface area contributed by atoms with Gasteiger partial charge in [0.15, 0.2) is 11.8 Å². The molecule has 1 aliphatic rings. The molecule has 0 saturated carbocycles. The minimum atomic E-state index is -4.68. The molecule has 0 bridgehead atoms. The lowest BCUT2D eigenvalue weighted by atomic mass is 10.1. The van der Waals surface area contributed by atoms with Gasteiger partial charge in [-0.2, -0.15) is 18.3 Å². The van der Waals surface area contributed by atoms with Crippen molar-refractivity contribution in [2.45, 2.75) is 25.4 Å². The first-order valence-electron chi connectivity index (χ1n) is 9.84. The number of ether oxygens (including phenoxy) is 2. The molecular weight excluding hydrogens is 447 g/mol. The third-order valence-electron chi connectivity index (χ3n) is 5.45. The standard InChI is InChI=1S/C22H21ClF3N3O3/c1-28-21(22(24,25)26)20(23)17(27-28)12-29(30)11-15-5-3-4-6-18(15)32-19(13-29)14-7-9-16(31-2)10-8-14/h3-10,19H,11-13H2,1-2H3. The first-order chi connectivity index (χ1) is 15.1. The number of fused-ring (bicyclic) bond motifs is 1. The normalized spacial score (nSPS) is 20.9. The molecule has 1 aliphatic heterocycles. The lowest BCUT2D eigenvalue weighted by molar-refractivity contribution is -0.909. The maximum absolute atomic E-state index is 13.9. The molecule has 10 heteroatoms. The smallest absolute Gasteiger partial charge is 0.434 e. The molecule has 0 radical (unpaired) electrons. The van der Waals surface area contributed by atoms with Crippen molar-refractivity contribution in [1.82, 2.24) is 9.78 Å². The predicted molar refractivity (Wildman–Crippen MR) is 112 cm³/mol.